The summed E-state index contributed by atoms with van der Waals surface area (Å²) in [6.07, 6.45) is 4.02. The average Bonchev–Trinajstić information content (AvgIpc) is 2.63. The zero-order valence-electron chi connectivity index (χ0n) is 15.9. The van der Waals surface area contributed by atoms with Gasteiger partial charge in [0, 0.05) is 57.8 Å². The van der Waals surface area contributed by atoms with E-state index in [1.165, 1.54) is 6.42 Å². The molecule has 142 valence electrons. The van der Waals surface area contributed by atoms with Crippen LogP contribution in [-0.2, 0) is 9.59 Å². The summed E-state index contributed by atoms with van der Waals surface area (Å²) in [5.41, 5.74) is 0. The molecule has 0 aromatic carbocycles. The van der Waals surface area contributed by atoms with Crippen LogP contribution in [0.25, 0.3) is 0 Å². The first-order chi connectivity index (χ1) is 12.0. The lowest BCUT2D eigenvalue weighted by molar-refractivity contribution is -0.142. The maximum absolute atomic E-state index is 12.7. The van der Waals surface area contributed by atoms with E-state index in [0.29, 0.717) is 24.4 Å². The molecule has 1 unspecified atom stereocenters. The molecule has 1 N–H and O–H groups in total. The van der Waals surface area contributed by atoms with Crippen LogP contribution in [0, 0.1) is 11.8 Å². The summed E-state index contributed by atoms with van der Waals surface area (Å²) in [6.45, 7) is 11.1. The van der Waals surface area contributed by atoms with Crippen LogP contribution in [0.2, 0.25) is 0 Å². The summed E-state index contributed by atoms with van der Waals surface area (Å²) in [7, 11) is 0. The lowest BCUT2D eigenvalue weighted by Gasteiger charge is -2.38. The van der Waals surface area contributed by atoms with Crippen molar-refractivity contribution in [2.75, 3.05) is 52.4 Å². The molecule has 25 heavy (non-hydrogen) atoms. The maximum atomic E-state index is 12.7. The van der Waals surface area contributed by atoms with Crippen LogP contribution in [0.5, 0.6) is 0 Å². The highest BCUT2D eigenvalue weighted by Gasteiger charge is 2.32. The first-order valence-electron chi connectivity index (χ1n) is 10.1. The third-order valence-corrected chi connectivity index (χ3v) is 6.14. The van der Waals surface area contributed by atoms with E-state index in [0.717, 1.165) is 65.1 Å². The number of carbonyl (C=O) groups excluding carboxylic acids is 2. The third-order valence-electron chi connectivity index (χ3n) is 6.14. The average molecular weight is 351 g/mol. The molecule has 3 fully saturated rings. The molecule has 6 nitrogen and oxygen atoms in total. The molecule has 3 heterocycles. The van der Waals surface area contributed by atoms with Crippen molar-refractivity contribution >= 4 is 11.8 Å². The number of nitrogens with zero attached hydrogens (tertiary/aromatic N) is 3. The number of likely N-dealkylation sites (tertiary alicyclic amines) is 2. The van der Waals surface area contributed by atoms with E-state index < -0.39 is 0 Å². The second-order valence-corrected chi connectivity index (χ2v) is 8.21. The molecule has 0 radical (unpaired) electrons. The number of hydrogen-bond donors (Lipinski definition) is 1. The second-order valence-electron chi connectivity index (χ2n) is 8.21. The molecule has 3 aliphatic heterocycles. The van der Waals surface area contributed by atoms with Gasteiger partial charge in [-0.2, -0.15) is 0 Å². The number of amides is 2. The van der Waals surface area contributed by atoms with Crippen LogP contribution in [0.1, 0.15) is 39.5 Å². The fraction of sp³-hybridized carbons (Fsp3) is 0.895. The van der Waals surface area contributed by atoms with Crippen LogP contribution in [0.4, 0.5) is 0 Å². The number of hydrogen-bond acceptors (Lipinski definition) is 4. The van der Waals surface area contributed by atoms with E-state index in [1.54, 1.807) is 0 Å². The molecule has 0 aliphatic carbocycles. The van der Waals surface area contributed by atoms with Crippen molar-refractivity contribution in [2.24, 2.45) is 11.8 Å². The minimum Gasteiger partial charge on any atom is -0.342 e. The number of piperidine rings is 2. The molecule has 3 aliphatic rings. The van der Waals surface area contributed by atoms with Gasteiger partial charge in [-0.25, -0.2) is 0 Å². The molecule has 0 aromatic heterocycles. The highest BCUT2D eigenvalue weighted by Crippen LogP contribution is 2.23. The molecule has 0 saturated carbocycles. The molecule has 0 aromatic rings. The zero-order chi connectivity index (χ0) is 17.8. The quantitative estimate of drug-likeness (QED) is 0.817. The van der Waals surface area contributed by atoms with Crippen molar-refractivity contribution < 1.29 is 9.59 Å². The van der Waals surface area contributed by atoms with Crippen molar-refractivity contribution in [3.63, 3.8) is 0 Å². The normalized spacial score (nSPS) is 29.7. The fourth-order valence-electron chi connectivity index (χ4n) is 4.42. The number of piperazine rings is 1. The zero-order valence-corrected chi connectivity index (χ0v) is 15.9. The van der Waals surface area contributed by atoms with Gasteiger partial charge in [0.05, 0.1) is 6.54 Å². The molecule has 3 rings (SSSR count). The van der Waals surface area contributed by atoms with Gasteiger partial charge in [-0.1, -0.05) is 6.92 Å². The van der Waals surface area contributed by atoms with Crippen molar-refractivity contribution in [3.05, 3.63) is 0 Å². The van der Waals surface area contributed by atoms with Gasteiger partial charge in [-0.15, -0.1) is 0 Å². The molecule has 2 amide bonds. The summed E-state index contributed by atoms with van der Waals surface area (Å²) in [6, 6.07) is 0.415. The van der Waals surface area contributed by atoms with Gasteiger partial charge in [0.1, 0.15) is 0 Å². The van der Waals surface area contributed by atoms with E-state index >= 15 is 0 Å². The summed E-state index contributed by atoms with van der Waals surface area (Å²) < 4.78 is 0. The van der Waals surface area contributed by atoms with Crippen LogP contribution < -0.4 is 5.32 Å². The first-order valence-corrected chi connectivity index (χ1v) is 10.1. The summed E-state index contributed by atoms with van der Waals surface area (Å²) in [5, 5.41) is 3.36. The minimum atomic E-state index is 0.118. The van der Waals surface area contributed by atoms with Crippen LogP contribution in [-0.4, -0.2) is 84.9 Å². The van der Waals surface area contributed by atoms with Crippen LogP contribution in [0.3, 0.4) is 0 Å². The number of nitrogens with one attached hydrogen (secondary N) is 1. The minimum absolute atomic E-state index is 0.118. The monoisotopic (exact) mass is 350 g/mol. The van der Waals surface area contributed by atoms with Crippen molar-refractivity contribution in [1.29, 1.82) is 0 Å². The topological polar surface area (TPSA) is 55.9 Å². The summed E-state index contributed by atoms with van der Waals surface area (Å²) in [4.78, 5) is 31.7. The Labute approximate surface area is 151 Å². The molecule has 0 spiro atoms. The highest BCUT2D eigenvalue weighted by atomic mass is 16.2. The fourth-order valence-corrected chi connectivity index (χ4v) is 4.42. The molecular formula is C19H34N4O2. The largest absolute Gasteiger partial charge is 0.342 e. The molecule has 3 saturated heterocycles. The van der Waals surface area contributed by atoms with Gasteiger partial charge in [0.25, 0.3) is 0 Å². The predicted octanol–water partition coefficient (Wildman–Crippen LogP) is 0.777. The van der Waals surface area contributed by atoms with Crippen LogP contribution >= 0.6 is 0 Å². The van der Waals surface area contributed by atoms with E-state index in [1.807, 2.05) is 4.90 Å². The predicted molar refractivity (Wildman–Crippen MR) is 98.2 cm³/mol. The SMILES string of the molecule is CC1CCCN(C(=O)C2CCN(C(=O)CN3CCNC[C@@H]3C)CC2)C1. The van der Waals surface area contributed by atoms with Gasteiger partial charge in [0.2, 0.25) is 11.8 Å². The smallest absolute Gasteiger partial charge is 0.236 e. The van der Waals surface area contributed by atoms with Gasteiger partial charge < -0.3 is 15.1 Å². The van der Waals surface area contributed by atoms with Crippen LogP contribution in [0.15, 0.2) is 0 Å². The van der Waals surface area contributed by atoms with Crippen molar-refractivity contribution in [3.8, 4) is 0 Å². The lowest BCUT2D eigenvalue weighted by Crippen LogP contribution is -2.54. The Kier molecular flexibility index (Phi) is 6.34. The lowest BCUT2D eigenvalue weighted by atomic mass is 9.92. The Morgan fingerprint density at radius 1 is 1.00 bits per heavy atom. The number of rotatable bonds is 3. The van der Waals surface area contributed by atoms with Gasteiger partial charge >= 0.3 is 0 Å². The summed E-state index contributed by atoms with van der Waals surface area (Å²) >= 11 is 0. The molecule has 0 bridgehead atoms. The van der Waals surface area contributed by atoms with E-state index in [9.17, 15) is 9.59 Å². The van der Waals surface area contributed by atoms with E-state index in [-0.39, 0.29) is 11.8 Å². The molecular weight excluding hydrogens is 316 g/mol. The Hall–Kier alpha value is -1.14. The third kappa shape index (κ3) is 4.73. The first kappa shape index (κ1) is 18.6. The Morgan fingerprint density at radius 2 is 1.76 bits per heavy atom. The highest BCUT2D eigenvalue weighted by molar-refractivity contribution is 5.81. The molecule has 6 heteroatoms. The van der Waals surface area contributed by atoms with Gasteiger partial charge in [-0.3, -0.25) is 14.5 Å². The maximum Gasteiger partial charge on any atom is 0.236 e. The van der Waals surface area contributed by atoms with E-state index in [2.05, 4.69) is 29.0 Å². The van der Waals surface area contributed by atoms with E-state index in [4.69, 9.17) is 0 Å². The Bertz CT molecular complexity index is 476. The Balaban J connectivity index is 1.44. The second kappa shape index (κ2) is 8.49. The summed E-state index contributed by atoms with van der Waals surface area (Å²) in [5.74, 6) is 1.30. The molecule has 2 atom stereocenters. The standard InChI is InChI=1S/C19H34N4O2/c1-15-4-3-8-23(13-15)19(25)17-5-9-21(10-6-17)18(24)14-22-11-7-20-12-16(22)2/h15-17,20H,3-14H2,1-2H3/t15?,16-/m0/s1. The van der Waals surface area contributed by atoms with Crippen molar-refractivity contribution in [1.82, 2.24) is 20.0 Å². The number of carbonyl (C=O) groups is 2. The van der Waals surface area contributed by atoms with Gasteiger partial charge in [0.15, 0.2) is 0 Å². The van der Waals surface area contributed by atoms with Gasteiger partial charge in [-0.05, 0) is 38.5 Å². The Morgan fingerprint density at radius 3 is 2.44 bits per heavy atom. The van der Waals surface area contributed by atoms with Crippen molar-refractivity contribution in [2.45, 2.75) is 45.6 Å².